The van der Waals surface area contributed by atoms with Crippen LogP contribution in [-0.4, -0.2) is 19.9 Å². The molecule has 0 unspecified atom stereocenters. The maximum atomic E-state index is 4.19. The van der Waals surface area contributed by atoms with Crippen LogP contribution in [0.4, 0.5) is 0 Å². The molecule has 0 fully saturated rings. The lowest BCUT2D eigenvalue weighted by Gasteiger charge is -2.09. The first kappa shape index (κ1) is 26.5. The molecule has 4 aromatic heterocycles. The quantitative estimate of drug-likeness (QED) is 0.205. The molecule has 0 N–H and O–H groups in total. The minimum atomic E-state index is 0.915. The van der Waals surface area contributed by atoms with E-state index in [4.69, 9.17) is 0 Å². The zero-order chi connectivity index (χ0) is 28.4. The summed E-state index contributed by atoms with van der Waals surface area (Å²) in [5, 5.41) is 8.04. The van der Waals surface area contributed by atoms with Crippen LogP contribution in [0.2, 0.25) is 0 Å². The Morgan fingerprint density at radius 1 is 0.214 bits per heavy atom. The Hall–Kier alpha value is -5.74. The monoisotopic (exact) mass is 540 g/mol. The zero-order valence-corrected chi connectivity index (χ0v) is 23.0. The van der Waals surface area contributed by atoms with E-state index < -0.39 is 0 Å². The molecule has 0 amide bonds. The van der Waals surface area contributed by atoms with Gasteiger partial charge in [-0.25, -0.2) is 0 Å². The van der Waals surface area contributed by atoms with E-state index >= 15 is 0 Å². The van der Waals surface area contributed by atoms with Crippen LogP contribution in [-0.2, 0) is 0 Å². The number of rotatable bonds is 2. The Morgan fingerprint density at radius 3 is 0.571 bits per heavy atom. The van der Waals surface area contributed by atoms with Crippen LogP contribution < -0.4 is 0 Å². The molecule has 4 heterocycles. The minimum Gasteiger partial charge on any atom is -0.255 e. The van der Waals surface area contributed by atoms with E-state index in [9.17, 15) is 0 Å². The van der Waals surface area contributed by atoms with E-state index in [0.717, 1.165) is 22.8 Å². The second-order valence-corrected chi connectivity index (χ2v) is 9.50. The van der Waals surface area contributed by atoms with Crippen LogP contribution in [0.5, 0.6) is 0 Å². The van der Waals surface area contributed by atoms with Crippen LogP contribution in [0.3, 0.4) is 0 Å². The number of fused-ring (bicyclic) bond motifs is 6. The molecule has 4 nitrogen and oxygen atoms in total. The maximum absolute atomic E-state index is 4.19. The van der Waals surface area contributed by atoms with E-state index in [2.05, 4.69) is 92.7 Å². The second-order valence-electron chi connectivity index (χ2n) is 9.50. The number of hydrogen-bond acceptors (Lipinski definition) is 4. The summed E-state index contributed by atoms with van der Waals surface area (Å²) < 4.78 is 0. The van der Waals surface area contributed by atoms with Crippen molar-refractivity contribution in [3.63, 3.8) is 0 Å². The van der Waals surface area contributed by atoms with Crippen LogP contribution in [0, 0.1) is 0 Å². The molecule has 4 heteroatoms. The molecule has 8 rings (SSSR count). The Morgan fingerprint density at radius 2 is 0.405 bits per heavy atom. The Balaban J connectivity index is 0.000000117. The number of benzene rings is 4. The summed E-state index contributed by atoms with van der Waals surface area (Å²) in [6.07, 6.45) is 7.07. The average molecular weight is 541 g/mol. The van der Waals surface area contributed by atoms with Gasteiger partial charge in [0.05, 0.1) is 22.8 Å². The van der Waals surface area contributed by atoms with Crippen LogP contribution in [0.25, 0.3) is 55.1 Å². The predicted molar refractivity (Wildman–Crippen MR) is 174 cm³/mol. The van der Waals surface area contributed by atoms with E-state index in [-0.39, 0.29) is 0 Å². The molecule has 0 radical (unpaired) electrons. The molecule has 8 aromatic rings. The molecule has 0 aliphatic carbocycles. The number of aromatic nitrogens is 4. The highest BCUT2D eigenvalue weighted by Gasteiger charge is 2.06. The first-order valence-corrected chi connectivity index (χ1v) is 13.8. The number of nitrogens with zero attached hydrogens (tertiary/aromatic N) is 4. The van der Waals surface area contributed by atoms with Crippen molar-refractivity contribution >= 4 is 32.3 Å². The van der Waals surface area contributed by atoms with Gasteiger partial charge in [-0.2, -0.15) is 0 Å². The van der Waals surface area contributed by atoms with Gasteiger partial charge in [-0.1, -0.05) is 97.1 Å². The summed E-state index contributed by atoms with van der Waals surface area (Å²) in [4.78, 5) is 16.7. The van der Waals surface area contributed by atoms with Crippen molar-refractivity contribution in [2.45, 2.75) is 0 Å². The Kier molecular flexibility index (Phi) is 8.24. The molecule has 0 saturated heterocycles. The molecule has 0 spiro atoms. The Bertz CT molecular complexity index is 1640. The van der Waals surface area contributed by atoms with Gasteiger partial charge in [0.15, 0.2) is 0 Å². The van der Waals surface area contributed by atoms with Gasteiger partial charge in [0, 0.05) is 24.8 Å². The zero-order valence-electron chi connectivity index (χ0n) is 23.0. The van der Waals surface area contributed by atoms with Crippen molar-refractivity contribution in [2.24, 2.45) is 0 Å². The van der Waals surface area contributed by atoms with Crippen molar-refractivity contribution in [3.8, 4) is 22.8 Å². The highest BCUT2D eigenvalue weighted by Crippen LogP contribution is 2.34. The lowest BCUT2D eigenvalue weighted by Crippen LogP contribution is -1.83. The van der Waals surface area contributed by atoms with Crippen LogP contribution in [0.1, 0.15) is 0 Å². The summed E-state index contributed by atoms with van der Waals surface area (Å²) >= 11 is 0. The normalized spacial score (nSPS) is 10.4. The average Bonchev–Trinajstić information content (AvgIpc) is 3.11. The van der Waals surface area contributed by atoms with Crippen molar-refractivity contribution in [2.75, 3.05) is 0 Å². The standard InChI is InChI=1S/C18H12.2C10H8N2/c1-2-8-14-13(7-1)15-9-3-4-11-17(15)18-12-6-5-10-16(14)18;2*1-3-7-11-9(5-1)10-6-2-4-8-12-10/h1-12H;2*1-8H. The van der Waals surface area contributed by atoms with Crippen molar-refractivity contribution < 1.29 is 0 Å². The van der Waals surface area contributed by atoms with Gasteiger partial charge < -0.3 is 0 Å². The maximum Gasteiger partial charge on any atom is 0.0886 e. The SMILES string of the molecule is c1ccc(-c2ccccn2)nc1.c1ccc(-c2ccccn2)nc1.c1ccc2c(c1)c1ccccc1c1ccccc21. The van der Waals surface area contributed by atoms with Gasteiger partial charge in [0.1, 0.15) is 0 Å². The summed E-state index contributed by atoms with van der Waals surface area (Å²) in [5.41, 5.74) is 3.66. The van der Waals surface area contributed by atoms with Crippen molar-refractivity contribution in [3.05, 3.63) is 170 Å². The summed E-state index contributed by atoms with van der Waals surface area (Å²) in [6.45, 7) is 0. The lowest BCUT2D eigenvalue weighted by molar-refractivity contribution is 1.25. The molecule has 0 aliphatic heterocycles. The van der Waals surface area contributed by atoms with Crippen LogP contribution >= 0.6 is 0 Å². The molecule has 42 heavy (non-hydrogen) atoms. The molecule has 200 valence electrons. The molecule has 0 aliphatic rings. The first-order chi connectivity index (χ1) is 20.9. The van der Waals surface area contributed by atoms with Gasteiger partial charge in [-0.15, -0.1) is 0 Å². The fourth-order valence-electron chi connectivity index (χ4n) is 4.92. The molecule has 0 atom stereocenters. The fraction of sp³-hybridized carbons (Fsp3) is 0. The lowest BCUT2D eigenvalue weighted by atomic mass is 9.95. The van der Waals surface area contributed by atoms with Gasteiger partial charge >= 0.3 is 0 Å². The van der Waals surface area contributed by atoms with E-state index in [1.807, 2.05) is 72.8 Å². The van der Waals surface area contributed by atoms with Crippen LogP contribution in [0.15, 0.2) is 170 Å². The third-order valence-electron chi connectivity index (χ3n) is 6.84. The van der Waals surface area contributed by atoms with E-state index in [1.165, 1.54) is 32.3 Å². The van der Waals surface area contributed by atoms with Gasteiger partial charge in [0.25, 0.3) is 0 Å². The minimum absolute atomic E-state index is 0.915. The third-order valence-corrected chi connectivity index (χ3v) is 6.84. The van der Waals surface area contributed by atoms with E-state index in [1.54, 1.807) is 24.8 Å². The topological polar surface area (TPSA) is 51.6 Å². The van der Waals surface area contributed by atoms with Crippen molar-refractivity contribution in [1.82, 2.24) is 19.9 Å². The summed E-state index contributed by atoms with van der Waals surface area (Å²) in [6, 6.07) is 49.2. The first-order valence-electron chi connectivity index (χ1n) is 13.8. The third kappa shape index (κ3) is 6.03. The summed E-state index contributed by atoms with van der Waals surface area (Å²) in [5.74, 6) is 0. The van der Waals surface area contributed by atoms with Gasteiger partial charge in [0.2, 0.25) is 0 Å². The molecule has 4 aromatic carbocycles. The smallest absolute Gasteiger partial charge is 0.0886 e. The highest BCUT2D eigenvalue weighted by molar-refractivity contribution is 6.25. The van der Waals surface area contributed by atoms with Crippen molar-refractivity contribution in [1.29, 1.82) is 0 Å². The second kappa shape index (κ2) is 13.1. The largest absolute Gasteiger partial charge is 0.255 e. The number of hydrogen-bond donors (Lipinski definition) is 0. The number of pyridine rings is 4. The summed E-state index contributed by atoms with van der Waals surface area (Å²) in [7, 11) is 0. The van der Waals surface area contributed by atoms with E-state index in [0.29, 0.717) is 0 Å². The predicted octanol–water partition coefficient (Wildman–Crippen LogP) is 9.43. The van der Waals surface area contributed by atoms with Gasteiger partial charge in [-0.3, -0.25) is 19.9 Å². The molecular weight excluding hydrogens is 512 g/mol. The fourth-order valence-corrected chi connectivity index (χ4v) is 4.92. The Labute approximate surface area is 245 Å². The molecule has 0 bridgehead atoms. The molecular formula is C38H28N4. The highest BCUT2D eigenvalue weighted by atomic mass is 14.8. The van der Waals surface area contributed by atoms with Gasteiger partial charge in [-0.05, 0) is 80.8 Å². The molecule has 0 saturated carbocycles.